The van der Waals surface area contributed by atoms with Crippen LogP contribution in [0.3, 0.4) is 0 Å². The van der Waals surface area contributed by atoms with Gasteiger partial charge in [0.05, 0.1) is 0 Å². The van der Waals surface area contributed by atoms with Crippen molar-refractivity contribution in [1.29, 1.82) is 0 Å². The Labute approximate surface area is 81.1 Å². The fraction of sp³-hybridized carbons (Fsp3) is 1.00. The molecule has 0 radical (unpaired) electrons. The number of hydrogen-bond donors (Lipinski definition) is 1. The first-order chi connectivity index (χ1) is 6.24. The zero-order valence-corrected chi connectivity index (χ0v) is 8.63. The molecule has 3 rings (SSSR count). The maximum absolute atomic E-state index is 6.59. The molecule has 1 nitrogen and oxygen atoms in total. The lowest BCUT2D eigenvalue weighted by atomic mass is 9.84. The van der Waals surface area contributed by atoms with Crippen molar-refractivity contribution < 1.29 is 0 Å². The zero-order chi connectivity index (χ0) is 9.05. The molecule has 4 unspecified atom stereocenters. The molecule has 0 aliphatic heterocycles. The second-order valence-corrected chi connectivity index (χ2v) is 5.66. The predicted octanol–water partition coefficient (Wildman–Crippen LogP) is 2.55. The molecule has 3 fully saturated rings. The maximum atomic E-state index is 6.59. The van der Waals surface area contributed by atoms with E-state index in [2.05, 4.69) is 6.92 Å². The topological polar surface area (TPSA) is 26.0 Å². The van der Waals surface area contributed by atoms with Crippen molar-refractivity contribution in [3.63, 3.8) is 0 Å². The third kappa shape index (κ3) is 0.918. The smallest absolute Gasteiger partial charge is 0.0249 e. The SMILES string of the molecule is CC1CCCC1C1(N)C2CCCC21. The maximum Gasteiger partial charge on any atom is 0.0249 e. The zero-order valence-electron chi connectivity index (χ0n) is 8.63. The van der Waals surface area contributed by atoms with Gasteiger partial charge >= 0.3 is 0 Å². The van der Waals surface area contributed by atoms with E-state index in [1.54, 1.807) is 0 Å². The molecule has 13 heavy (non-hydrogen) atoms. The Bertz CT molecular complexity index is 213. The van der Waals surface area contributed by atoms with E-state index < -0.39 is 0 Å². The molecule has 0 bridgehead atoms. The van der Waals surface area contributed by atoms with Crippen LogP contribution in [0.4, 0.5) is 0 Å². The lowest BCUT2D eigenvalue weighted by Gasteiger charge is -2.27. The Morgan fingerprint density at radius 2 is 1.46 bits per heavy atom. The van der Waals surface area contributed by atoms with Crippen LogP contribution in [0.15, 0.2) is 0 Å². The van der Waals surface area contributed by atoms with Gasteiger partial charge in [-0.2, -0.15) is 0 Å². The molecule has 3 saturated carbocycles. The molecule has 2 N–H and O–H groups in total. The Morgan fingerprint density at radius 3 is 2.00 bits per heavy atom. The molecule has 0 aromatic rings. The van der Waals surface area contributed by atoms with Crippen molar-refractivity contribution in [1.82, 2.24) is 0 Å². The van der Waals surface area contributed by atoms with E-state index in [4.69, 9.17) is 5.73 Å². The summed E-state index contributed by atoms with van der Waals surface area (Å²) in [6.07, 6.45) is 8.61. The average molecular weight is 179 g/mol. The molecule has 0 spiro atoms. The van der Waals surface area contributed by atoms with Crippen molar-refractivity contribution >= 4 is 0 Å². The molecular formula is C12H21N. The van der Waals surface area contributed by atoms with Gasteiger partial charge in [-0.3, -0.25) is 0 Å². The highest BCUT2D eigenvalue weighted by Crippen LogP contribution is 2.65. The summed E-state index contributed by atoms with van der Waals surface area (Å²) in [5.41, 5.74) is 6.91. The summed E-state index contributed by atoms with van der Waals surface area (Å²) in [6, 6.07) is 0. The minimum atomic E-state index is 0.314. The standard InChI is InChI=1S/C12H21N/c1-8-4-2-5-9(8)12(13)10-6-3-7-11(10)12/h8-11H,2-7,13H2,1H3. The molecule has 0 aromatic carbocycles. The molecule has 4 atom stereocenters. The fourth-order valence-electron chi connectivity index (χ4n) is 4.49. The predicted molar refractivity (Wildman–Crippen MR) is 54.3 cm³/mol. The summed E-state index contributed by atoms with van der Waals surface area (Å²) < 4.78 is 0. The number of fused-ring (bicyclic) bond motifs is 1. The van der Waals surface area contributed by atoms with E-state index >= 15 is 0 Å². The molecule has 3 aliphatic rings. The van der Waals surface area contributed by atoms with Gasteiger partial charge < -0.3 is 5.73 Å². The van der Waals surface area contributed by atoms with Crippen LogP contribution in [0.1, 0.15) is 45.4 Å². The van der Waals surface area contributed by atoms with E-state index in [1.165, 1.54) is 38.5 Å². The summed E-state index contributed by atoms with van der Waals surface area (Å²) >= 11 is 0. The highest BCUT2D eigenvalue weighted by atomic mass is 14.9. The van der Waals surface area contributed by atoms with Crippen LogP contribution in [-0.2, 0) is 0 Å². The minimum absolute atomic E-state index is 0.314. The minimum Gasteiger partial charge on any atom is -0.324 e. The lowest BCUT2D eigenvalue weighted by molar-refractivity contribution is 0.281. The van der Waals surface area contributed by atoms with Crippen LogP contribution in [0.5, 0.6) is 0 Å². The molecule has 0 aromatic heterocycles. The lowest BCUT2D eigenvalue weighted by Crippen LogP contribution is -2.39. The van der Waals surface area contributed by atoms with Gasteiger partial charge in [-0.25, -0.2) is 0 Å². The molecular weight excluding hydrogens is 158 g/mol. The monoisotopic (exact) mass is 179 g/mol. The Kier molecular flexibility index (Phi) is 1.59. The largest absolute Gasteiger partial charge is 0.324 e. The summed E-state index contributed by atoms with van der Waals surface area (Å²) in [7, 11) is 0. The highest BCUT2D eigenvalue weighted by Gasteiger charge is 2.67. The number of rotatable bonds is 1. The molecule has 74 valence electrons. The van der Waals surface area contributed by atoms with Crippen molar-refractivity contribution in [3.05, 3.63) is 0 Å². The highest BCUT2D eigenvalue weighted by molar-refractivity contribution is 5.22. The first-order valence-electron chi connectivity index (χ1n) is 6.03. The number of nitrogens with two attached hydrogens (primary N) is 1. The summed E-state index contributed by atoms with van der Waals surface area (Å²) in [5.74, 6) is 3.65. The molecule has 0 saturated heterocycles. The van der Waals surface area contributed by atoms with Gasteiger partial charge in [-0.1, -0.05) is 26.2 Å². The van der Waals surface area contributed by atoms with Crippen LogP contribution in [-0.4, -0.2) is 5.54 Å². The summed E-state index contributed by atoms with van der Waals surface area (Å²) in [4.78, 5) is 0. The summed E-state index contributed by atoms with van der Waals surface area (Å²) in [5, 5.41) is 0. The van der Waals surface area contributed by atoms with Gasteiger partial charge in [-0.05, 0) is 42.9 Å². The normalized spacial score (nSPS) is 59.5. The Hall–Kier alpha value is -0.0400. The van der Waals surface area contributed by atoms with Crippen LogP contribution >= 0.6 is 0 Å². The van der Waals surface area contributed by atoms with Gasteiger partial charge in [-0.15, -0.1) is 0 Å². The van der Waals surface area contributed by atoms with Gasteiger partial charge in [0, 0.05) is 5.54 Å². The Morgan fingerprint density at radius 1 is 0.923 bits per heavy atom. The Balaban J connectivity index is 1.78. The van der Waals surface area contributed by atoms with Crippen LogP contribution in [0.25, 0.3) is 0 Å². The van der Waals surface area contributed by atoms with Gasteiger partial charge in [0.2, 0.25) is 0 Å². The molecule has 0 heterocycles. The van der Waals surface area contributed by atoms with Gasteiger partial charge in [0.1, 0.15) is 0 Å². The average Bonchev–Trinajstić information content (AvgIpc) is 2.61. The fourth-order valence-corrected chi connectivity index (χ4v) is 4.49. The second kappa shape index (κ2) is 2.50. The van der Waals surface area contributed by atoms with Crippen LogP contribution < -0.4 is 5.73 Å². The van der Waals surface area contributed by atoms with E-state index in [9.17, 15) is 0 Å². The van der Waals surface area contributed by atoms with Gasteiger partial charge in [0.15, 0.2) is 0 Å². The van der Waals surface area contributed by atoms with E-state index in [-0.39, 0.29) is 0 Å². The molecule has 0 amide bonds. The second-order valence-electron chi connectivity index (χ2n) is 5.66. The third-order valence-corrected chi connectivity index (χ3v) is 5.20. The van der Waals surface area contributed by atoms with Crippen molar-refractivity contribution in [2.75, 3.05) is 0 Å². The van der Waals surface area contributed by atoms with E-state index in [0.29, 0.717) is 5.54 Å². The van der Waals surface area contributed by atoms with Gasteiger partial charge in [0.25, 0.3) is 0 Å². The molecule has 1 heteroatoms. The third-order valence-electron chi connectivity index (χ3n) is 5.20. The van der Waals surface area contributed by atoms with E-state index in [1.807, 2.05) is 0 Å². The van der Waals surface area contributed by atoms with Crippen molar-refractivity contribution in [2.24, 2.45) is 29.4 Å². The van der Waals surface area contributed by atoms with Crippen molar-refractivity contribution in [3.8, 4) is 0 Å². The molecule has 3 aliphatic carbocycles. The first-order valence-corrected chi connectivity index (χ1v) is 6.03. The number of hydrogen-bond acceptors (Lipinski definition) is 1. The van der Waals surface area contributed by atoms with Crippen LogP contribution in [0.2, 0.25) is 0 Å². The summed E-state index contributed by atoms with van der Waals surface area (Å²) in [6.45, 7) is 2.42. The van der Waals surface area contributed by atoms with E-state index in [0.717, 1.165) is 23.7 Å². The van der Waals surface area contributed by atoms with Crippen LogP contribution in [0, 0.1) is 23.7 Å². The van der Waals surface area contributed by atoms with Crippen molar-refractivity contribution in [2.45, 2.75) is 51.0 Å². The first kappa shape index (κ1) is 8.28. The quantitative estimate of drug-likeness (QED) is 0.657.